The van der Waals surface area contributed by atoms with Crippen LogP contribution in [0.5, 0.6) is 0 Å². The lowest BCUT2D eigenvalue weighted by Crippen LogP contribution is -2.04. The number of phosphoric ester groups is 1. The van der Waals surface area contributed by atoms with Crippen LogP contribution in [0.3, 0.4) is 0 Å². The van der Waals surface area contributed by atoms with E-state index < -0.39 is 7.82 Å². The molecule has 0 saturated heterocycles. The molecular formula is C28H35O4P. The van der Waals surface area contributed by atoms with Crippen molar-refractivity contribution in [2.75, 3.05) is 6.61 Å². The van der Waals surface area contributed by atoms with Crippen molar-refractivity contribution < 1.29 is 18.1 Å². The van der Waals surface area contributed by atoms with Gasteiger partial charge in [-0.1, -0.05) is 105 Å². The molecule has 0 radical (unpaired) electrons. The first-order valence-corrected chi connectivity index (χ1v) is 13.3. The highest BCUT2D eigenvalue weighted by Crippen LogP contribution is 2.51. The van der Waals surface area contributed by atoms with Crippen LogP contribution in [0, 0.1) is 0 Å². The molecule has 3 aromatic rings. The van der Waals surface area contributed by atoms with Crippen LogP contribution >= 0.6 is 7.82 Å². The van der Waals surface area contributed by atoms with Crippen molar-refractivity contribution in [1.82, 2.24) is 0 Å². The molecular weight excluding hydrogens is 431 g/mol. The molecule has 0 aliphatic heterocycles. The third-order valence-electron chi connectivity index (χ3n) is 5.47. The molecule has 0 aliphatic carbocycles. The van der Waals surface area contributed by atoms with E-state index in [1.54, 1.807) is 0 Å². The fourth-order valence-corrected chi connectivity index (χ4v) is 4.81. The minimum absolute atomic E-state index is 0.174. The minimum atomic E-state index is -3.71. The number of hydrogen-bond acceptors (Lipinski definition) is 4. The van der Waals surface area contributed by atoms with E-state index >= 15 is 0 Å². The zero-order valence-electron chi connectivity index (χ0n) is 19.5. The van der Waals surface area contributed by atoms with Crippen molar-refractivity contribution in [2.24, 2.45) is 0 Å². The van der Waals surface area contributed by atoms with E-state index in [9.17, 15) is 4.57 Å². The Morgan fingerprint density at radius 2 is 1.09 bits per heavy atom. The van der Waals surface area contributed by atoms with E-state index in [1.165, 1.54) is 30.4 Å². The van der Waals surface area contributed by atoms with Crippen LogP contribution in [0.25, 0.3) is 0 Å². The average Bonchev–Trinajstić information content (AvgIpc) is 2.87. The van der Waals surface area contributed by atoms with E-state index in [2.05, 4.69) is 31.2 Å². The third-order valence-corrected chi connectivity index (χ3v) is 6.86. The van der Waals surface area contributed by atoms with Crippen molar-refractivity contribution in [3.63, 3.8) is 0 Å². The van der Waals surface area contributed by atoms with Crippen LogP contribution in [0.2, 0.25) is 0 Å². The van der Waals surface area contributed by atoms with Gasteiger partial charge in [0.1, 0.15) is 0 Å². The second-order valence-electron chi connectivity index (χ2n) is 8.13. The first-order chi connectivity index (χ1) is 16.2. The van der Waals surface area contributed by atoms with Gasteiger partial charge < -0.3 is 0 Å². The molecule has 0 amide bonds. The summed E-state index contributed by atoms with van der Waals surface area (Å²) >= 11 is 0. The van der Waals surface area contributed by atoms with Gasteiger partial charge in [-0.25, -0.2) is 4.57 Å². The van der Waals surface area contributed by atoms with Gasteiger partial charge in [0.15, 0.2) is 0 Å². The monoisotopic (exact) mass is 466 g/mol. The Labute approximate surface area is 198 Å². The smallest absolute Gasteiger partial charge is 0.287 e. The maximum Gasteiger partial charge on any atom is 0.475 e. The van der Waals surface area contributed by atoms with Gasteiger partial charge >= 0.3 is 7.82 Å². The normalized spacial score (nSPS) is 11.5. The molecule has 176 valence electrons. The molecule has 33 heavy (non-hydrogen) atoms. The van der Waals surface area contributed by atoms with E-state index in [4.69, 9.17) is 13.6 Å². The molecule has 3 rings (SSSR count). The van der Waals surface area contributed by atoms with Crippen LogP contribution in [0.1, 0.15) is 54.9 Å². The van der Waals surface area contributed by atoms with E-state index in [1.807, 2.05) is 60.7 Å². The summed E-state index contributed by atoms with van der Waals surface area (Å²) in [5.74, 6) is 0. The summed E-state index contributed by atoms with van der Waals surface area (Å²) < 4.78 is 30.5. The Kier molecular flexibility index (Phi) is 10.9. The molecule has 0 aromatic heterocycles. The van der Waals surface area contributed by atoms with Crippen LogP contribution in [-0.2, 0) is 44.2 Å². The Bertz CT molecular complexity index is 928. The fraction of sp³-hybridized carbons (Fsp3) is 0.357. The maximum atomic E-state index is 13.3. The SMILES string of the molecule is CCCCCc1ccccc1CCCOP(=O)(OCc1ccccc1)OCc1ccccc1. The van der Waals surface area contributed by atoms with Gasteiger partial charge in [-0.2, -0.15) is 0 Å². The van der Waals surface area contributed by atoms with Crippen molar-refractivity contribution in [1.29, 1.82) is 0 Å². The zero-order chi connectivity index (χ0) is 23.2. The second kappa shape index (κ2) is 14.1. The van der Waals surface area contributed by atoms with Gasteiger partial charge in [0.25, 0.3) is 0 Å². The van der Waals surface area contributed by atoms with E-state index in [-0.39, 0.29) is 13.2 Å². The number of rotatable bonds is 15. The summed E-state index contributed by atoms with van der Waals surface area (Å²) in [5.41, 5.74) is 4.58. The summed E-state index contributed by atoms with van der Waals surface area (Å²) in [7, 11) is -3.71. The lowest BCUT2D eigenvalue weighted by Gasteiger charge is -2.18. The Morgan fingerprint density at radius 1 is 0.606 bits per heavy atom. The number of benzene rings is 3. The average molecular weight is 467 g/mol. The first kappa shape index (κ1) is 25.4. The van der Waals surface area contributed by atoms with Crippen molar-refractivity contribution >= 4 is 7.82 Å². The lowest BCUT2D eigenvalue weighted by atomic mass is 9.98. The van der Waals surface area contributed by atoms with Gasteiger partial charge in [0.2, 0.25) is 0 Å². The molecule has 0 aliphatic rings. The summed E-state index contributed by atoms with van der Waals surface area (Å²) in [6.07, 6.45) is 6.40. The molecule has 0 heterocycles. The van der Waals surface area contributed by atoms with Crippen molar-refractivity contribution in [3.05, 3.63) is 107 Å². The highest BCUT2D eigenvalue weighted by molar-refractivity contribution is 7.48. The zero-order valence-corrected chi connectivity index (χ0v) is 20.4. The molecule has 0 unspecified atom stereocenters. The minimum Gasteiger partial charge on any atom is -0.287 e. The summed E-state index contributed by atoms with van der Waals surface area (Å²) in [6, 6.07) is 27.8. The van der Waals surface area contributed by atoms with Crippen LogP contribution in [0.4, 0.5) is 0 Å². The van der Waals surface area contributed by atoms with Gasteiger partial charge in [-0.05, 0) is 47.9 Å². The molecule has 0 atom stereocenters. The molecule has 0 spiro atoms. The maximum absolute atomic E-state index is 13.3. The van der Waals surface area contributed by atoms with Crippen LogP contribution < -0.4 is 0 Å². The molecule has 5 heteroatoms. The van der Waals surface area contributed by atoms with Gasteiger partial charge in [-0.3, -0.25) is 13.6 Å². The summed E-state index contributed by atoms with van der Waals surface area (Å²) in [5, 5.41) is 0. The van der Waals surface area contributed by atoms with Crippen molar-refractivity contribution in [2.45, 2.75) is 58.7 Å². The first-order valence-electron chi connectivity index (χ1n) is 11.9. The standard InChI is InChI=1S/C28H35O4P/c1-2-3-6-18-27-19-11-12-20-28(27)21-13-22-30-33(29,31-23-25-14-7-4-8-15-25)32-24-26-16-9-5-10-17-26/h4-5,7-12,14-17,19-20H,2-3,6,13,18,21-24H2,1H3. The molecule has 0 saturated carbocycles. The fourth-order valence-electron chi connectivity index (χ4n) is 3.62. The number of hydrogen-bond donors (Lipinski definition) is 0. The third kappa shape index (κ3) is 9.27. The van der Waals surface area contributed by atoms with Crippen molar-refractivity contribution in [3.8, 4) is 0 Å². The number of aryl methyl sites for hydroxylation is 2. The molecule has 0 bridgehead atoms. The van der Waals surface area contributed by atoms with Crippen LogP contribution in [0.15, 0.2) is 84.9 Å². The van der Waals surface area contributed by atoms with Crippen LogP contribution in [-0.4, -0.2) is 6.61 Å². The largest absolute Gasteiger partial charge is 0.475 e. The molecule has 3 aromatic carbocycles. The number of unbranched alkanes of at least 4 members (excludes halogenated alkanes) is 2. The molecule has 0 N–H and O–H groups in total. The highest BCUT2D eigenvalue weighted by atomic mass is 31.2. The predicted octanol–water partition coefficient (Wildman–Crippen LogP) is 7.91. The Hall–Kier alpha value is -2.23. The Balaban J connectivity index is 1.55. The molecule has 4 nitrogen and oxygen atoms in total. The van der Waals surface area contributed by atoms with E-state index in [0.717, 1.165) is 30.4 Å². The molecule has 0 fully saturated rings. The quantitative estimate of drug-likeness (QED) is 0.169. The highest BCUT2D eigenvalue weighted by Gasteiger charge is 2.27. The topological polar surface area (TPSA) is 44.8 Å². The number of phosphoric acid groups is 1. The summed E-state index contributed by atoms with van der Waals surface area (Å²) in [4.78, 5) is 0. The summed E-state index contributed by atoms with van der Waals surface area (Å²) in [6.45, 7) is 2.88. The van der Waals surface area contributed by atoms with Gasteiger partial charge in [-0.15, -0.1) is 0 Å². The van der Waals surface area contributed by atoms with E-state index in [0.29, 0.717) is 6.61 Å². The van der Waals surface area contributed by atoms with Gasteiger partial charge in [0, 0.05) is 0 Å². The second-order valence-corrected chi connectivity index (χ2v) is 9.80. The predicted molar refractivity (Wildman–Crippen MR) is 134 cm³/mol. The Morgan fingerprint density at radius 3 is 1.61 bits per heavy atom. The lowest BCUT2D eigenvalue weighted by molar-refractivity contribution is 0.102. The van der Waals surface area contributed by atoms with Gasteiger partial charge in [0.05, 0.1) is 19.8 Å².